The summed E-state index contributed by atoms with van der Waals surface area (Å²) in [5.74, 6) is 0. The summed E-state index contributed by atoms with van der Waals surface area (Å²) in [6, 6.07) is 0. The minimum atomic E-state index is -0.283. The minimum Gasteiger partial charge on any atom is -0.379 e. The summed E-state index contributed by atoms with van der Waals surface area (Å²) >= 11 is 0. The summed E-state index contributed by atoms with van der Waals surface area (Å²) < 4.78 is 21.2. The standard InChI is InChI=1S/C11H23O4/c1-5-12-7-8-13-9-11(14-6-2)15-10(3)4/h10-11H,1,5-9H2,2-4H3. The van der Waals surface area contributed by atoms with E-state index in [1.54, 1.807) is 0 Å². The van der Waals surface area contributed by atoms with E-state index in [0.717, 1.165) is 0 Å². The van der Waals surface area contributed by atoms with Crippen LogP contribution in [0, 0.1) is 6.92 Å². The molecule has 91 valence electrons. The highest BCUT2D eigenvalue weighted by molar-refractivity contribution is 4.46. The molecule has 0 heterocycles. The molecule has 0 N–H and O–H groups in total. The van der Waals surface area contributed by atoms with Crippen LogP contribution in [0.5, 0.6) is 0 Å². The third-order valence-electron chi connectivity index (χ3n) is 1.55. The van der Waals surface area contributed by atoms with E-state index >= 15 is 0 Å². The van der Waals surface area contributed by atoms with Gasteiger partial charge in [-0.25, -0.2) is 0 Å². The van der Waals surface area contributed by atoms with Crippen molar-refractivity contribution in [2.75, 3.05) is 33.0 Å². The topological polar surface area (TPSA) is 36.9 Å². The third-order valence-corrected chi connectivity index (χ3v) is 1.55. The van der Waals surface area contributed by atoms with Crippen LogP contribution >= 0.6 is 0 Å². The van der Waals surface area contributed by atoms with Crippen LogP contribution in [0.1, 0.15) is 20.8 Å². The van der Waals surface area contributed by atoms with E-state index in [1.807, 2.05) is 20.8 Å². The van der Waals surface area contributed by atoms with Crippen molar-refractivity contribution in [3.63, 3.8) is 0 Å². The van der Waals surface area contributed by atoms with Crippen molar-refractivity contribution in [1.82, 2.24) is 0 Å². The first kappa shape index (κ1) is 14.8. The number of rotatable bonds is 10. The third kappa shape index (κ3) is 10.1. The summed E-state index contributed by atoms with van der Waals surface area (Å²) in [5, 5.41) is 0. The molecule has 1 radical (unpaired) electrons. The van der Waals surface area contributed by atoms with E-state index in [-0.39, 0.29) is 12.4 Å². The van der Waals surface area contributed by atoms with Crippen LogP contribution in [0.3, 0.4) is 0 Å². The zero-order valence-electron chi connectivity index (χ0n) is 10.0. The van der Waals surface area contributed by atoms with E-state index < -0.39 is 0 Å². The van der Waals surface area contributed by atoms with Gasteiger partial charge in [0.2, 0.25) is 0 Å². The van der Waals surface area contributed by atoms with Gasteiger partial charge in [-0.2, -0.15) is 0 Å². The van der Waals surface area contributed by atoms with Gasteiger partial charge in [-0.3, -0.25) is 0 Å². The fourth-order valence-corrected chi connectivity index (χ4v) is 1.02. The van der Waals surface area contributed by atoms with Crippen LogP contribution in [0.15, 0.2) is 0 Å². The van der Waals surface area contributed by atoms with Crippen LogP contribution in [-0.4, -0.2) is 45.4 Å². The molecule has 0 aromatic rings. The van der Waals surface area contributed by atoms with Gasteiger partial charge in [0, 0.05) is 13.2 Å². The number of hydrogen-bond acceptors (Lipinski definition) is 4. The highest BCUT2D eigenvalue weighted by atomic mass is 16.7. The smallest absolute Gasteiger partial charge is 0.181 e. The molecule has 4 heteroatoms. The molecule has 0 spiro atoms. The van der Waals surface area contributed by atoms with Gasteiger partial charge in [-0.15, -0.1) is 0 Å². The fraction of sp³-hybridized carbons (Fsp3) is 0.909. The molecule has 0 aromatic carbocycles. The van der Waals surface area contributed by atoms with Gasteiger partial charge in [0.25, 0.3) is 0 Å². The summed E-state index contributed by atoms with van der Waals surface area (Å²) in [6.07, 6.45) is -0.143. The fourth-order valence-electron chi connectivity index (χ4n) is 1.02. The van der Waals surface area contributed by atoms with Gasteiger partial charge in [0.05, 0.1) is 25.9 Å². The Morgan fingerprint density at radius 1 is 1.13 bits per heavy atom. The molecule has 0 aliphatic heterocycles. The molecule has 0 bridgehead atoms. The van der Waals surface area contributed by atoms with E-state index in [1.165, 1.54) is 0 Å². The Labute approximate surface area is 92.8 Å². The lowest BCUT2D eigenvalue weighted by molar-refractivity contribution is -0.188. The summed E-state index contributed by atoms with van der Waals surface area (Å²) in [7, 11) is 0. The molecule has 0 fully saturated rings. The van der Waals surface area contributed by atoms with Gasteiger partial charge in [0.15, 0.2) is 6.29 Å². The largest absolute Gasteiger partial charge is 0.379 e. The van der Waals surface area contributed by atoms with Crippen molar-refractivity contribution in [1.29, 1.82) is 0 Å². The van der Waals surface area contributed by atoms with Crippen molar-refractivity contribution < 1.29 is 18.9 Å². The number of hydrogen-bond donors (Lipinski definition) is 0. The lowest BCUT2D eigenvalue weighted by Crippen LogP contribution is -2.27. The van der Waals surface area contributed by atoms with Crippen LogP contribution < -0.4 is 0 Å². The average Bonchev–Trinajstić information content (AvgIpc) is 2.17. The summed E-state index contributed by atoms with van der Waals surface area (Å²) in [4.78, 5) is 0. The van der Waals surface area contributed by atoms with Gasteiger partial charge in [-0.05, 0) is 27.7 Å². The maximum Gasteiger partial charge on any atom is 0.181 e. The molecule has 0 rings (SSSR count). The second-order valence-corrected chi connectivity index (χ2v) is 3.26. The van der Waals surface area contributed by atoms with E-state index in [0.29, 0.717) is 33.0 Å². The predicted molar refractivity (Wildman–Crippen MR) is 58.6 cm³/mol. The van der Waals surface area contributed by atoms with Gasteiger partial charge in [-0.1, -0.05) is 0 Å². The Hall–Kier alpha value is -0.160. The Balaban J connectivity index is 3.47. The highest BCUT2D eigenvalue weighted by Crippen LogP contribution is 2.01. The molecule has 1 unspecified atom stereocenters. The minimum absolute atomic E-state index is 0.140. The Bertz CT molecular complexity index is 128. The summed E-state index contributed by atoms with van der Waals surface area (Å²) in [5.41, 5.74) is 0. The van der Waals surface area contributed by atoms with E-state index in [4.69, 9.17) is 18.9 Å². The van der Waals surface area contributed by atoms with E-state index in [9.17, 15) is 0 Å². The molecule has 0 aliphatic carbocycles. The Morgan fingerprint density at radius 3 is 2.33 bits per heavy atom. The first-order valence-corrected chi connectivity index (χ1v) is 5.42. The lowest BCUT2D eigenvalue weighted by Gasteiger charge is -2.20. The van der Waals surface area contributed by atoms with Crippen molar-refractivity contribution in [2.24, 2.45) is 0 Å². The Morgan fingerprint density at radius 2 is 1.80 bits per heavy atom. The predicted octanol–water partition coefficient (Wildman–Crippen LogP) is 1.64. The first-order valence-electron chi connectivity index (χ1n) is 5.42. The monoisotopic (exact) mass is 219 g/mol. The van der Waals surface area contributed by atoms with Gasteiger partial charge < -0.3 is 18.9 Å². The molecule has 0 amide bonds. The van der Waals surface area contributed by atoms with Crippen molar-refractivity contribution >= 4 is 0 Å². The van der Waals surface area contributed by atoms with Crippen LogP contribution in [0.2, 0.25) is 0 Å². The second kappa shape index (κ2) is 10.4. The molecule has 0 saturated heterocycles. The molecule has 0 aromatic heterocycles. The lowest BCUT2D eigenvalue weighted by atomic mass is 10.5. The maximum atomic E-state index is 5.50. The second-order valence-electron chi connectivity index (χ2n) is 3.26. The zero-order valence-corrected chi connectivity index (χ0v) is 10.0. The average molecular weight is 219 g/mol. The molecule has 15 heavy (non-hydrogen) atoms. The van der Waals surface area contributed by atoms with Crippen LogP contribution in [0.25, 0.3) is 0 Å². The molecular weight excluding hydrogens is 196 g/mol. The van der Waals surface area contributed by atoms with E-state index in [2.05, 4.69) is 6.92 Å². The SMILES string of the molecule is [CH2]COCCOCC(OCC)OC(C)C. The summed E-state index contributed by atoms with van der Waals surface area (Å²) in [6.45, 7) is 12.1. The Kier molecular flexibility index (Phi) is 10.3. The molecule has 1 atom stereocenters. The van der Waals surface area contributed by atoms with Gasteiger partial charge in [0.1, 0.15) is 0 Å². The van der Waals surface area contributed by atoms with Crippen molar-refractivity contribution in [3.8, 4) is 0 Å². The van der Waals surface area contributed by atoms with Gasteiger partial charge >= 0.3 is 0 Å². The van der Waals surface area contributed by atoms with Crippen LogP contribution in [0.4, 0.5) is 0 Å². The number of ether oxygens (including phenoxy) is 4. The molecule has 0 aliphatic rings. The maximum absolute atomic E-state index is 5.50. The molecule has 0 saturated carbocycles. The zero-order chi connectivity index (χ0) is 11.5. The molecule has 4 nitrogen and oxygen atoms in total. The van der Waals surface area contributed by atoms with Crippen LogP contribution in [-0.2, 0) is 18.9 Å². The van der Waals surface area contributed by atoms with Crippen molar-refractivity contribution in [2.45, 2.75) is 33.2 Å². The van der Waals surface area contributed by atoms with Crippen molar-refractivity contribution in [3.05, 3.63) is 6.92 Å². The molecular formula is C11H23O4. The normalized spacial score (nSPS) is 13.4. The first-order chi connectivity index (χ1) is 7.20. The quantitative estimate of drug-likeness (QED) is 0.413. The highest BCUT2D eigenvalue weighted by Gasteiger charge is 2.10.